The van der Waals surface area contributed by atoms with Crippen molar-refractivity contribution in [3.05, 3.63) is 29.8 Å². The molecule has 1 rings (SSSR count). The number of carbonyl (C=O) groups is 1. The number of aliphatic hydroxyl groups is 1. The highest BCUT2D eigenvalue weighted by Gasteiger charge is 2.13. The summed E-state index contributed by atoms with van der Waals surface area (Å²) in [4.78, 5) is 12.8. The Morgan fingerprint density at radius 3 is 2.47 bits per heavy atom. The zero-order valence-electron chi connectivity index (χ0n) is 10.3. The Hall–Kier alpha value is -1.24. The minimum Gasteiger partial charge on any atom is -0.378 e. The van der Waals surface area contributed by atoms with Gasteiger partial charge in [0, 0.05) is 10.5 Å². The first-order chi connectivity index (χ1) is 7.98. The first-order valence-corrected chi connectivity index (χ1v) is 6.65. The van der Waals surface area contributed by atoms with E-state index in [1.807, 2.05) is 25.3 Å². The Morgan fingerprint density at radius 1 is 1.41 bits per heavy atom. The summed E-state index contributed by atoms with van der Waals surface area (Å²) < 4.78 is 0. The van der Waals surface area contributed by atoms with Crippen LogP contribution in [0.25, 0.3) is 0 Å². The van der Waals surface area contributed by atoms with Crippen molar-refractivity contribution in [1.29, 1.82) is 0 Å². The van der Waals surface area contributed by atoms with Gasteiger partial charge in [-0.3, -0.25) is 4.79 Å². The van der Waals surface area contributed by atoms with E-state index in [-0.39, 0.29) is 5.78 Å². The minimum atomic E-state index is -1.09. The Kier molecular flexibility index (Phi) is 4.80. The highest BCUT2D eigenvalue weighted by molar-refractivity contribution is 7.98. The lowest BCUT2D eigenvalue weighted by Crippen LogP contribution is -2.19. The van der Waals surface area contributed by atoms with Crippen LogP contribution in [-0.4, -0.2) is 22.7 Å². The van der Waals surface area contributed by atoms with Crippen LogP contribution in [0.5, 0.6) is 0 Å². The fourth-order valence-corrected chi connectivity index (χ4v) is 1.50. The molecule has 0 unspecified atom stereocenters. The van der Waals surface area contributed by atoms with Gasteiger partial charge in [-0.2, -0.15) is 0 Å². The largest absolute Gasteiger partial charge is 0.378 e. The number of Topliss-reactive ketones (excluding diaryl/α,β-unsaturated/α-hetero) is 1. The molecule has 0 aliphatic carbocycles. The van der Waals surface area contributed by atoms with Gasteiger partial charge in [0.25, 0.3) is 0 Å². The molecule has 17 heavy (non-hydrogen) atoms. The average Bonchev–Trinajstić information content (AvgIpc) is 2.36. The number of rotatable bonds is 3. The van der Waals surface area contributed by atoms with E-state index in [2.05, 4.69) is 11.8 Å². The van der Waals surface area contributed by atoms with Crippen molar-refractivity contribution < 1.29 is 9.90 Å². The summed E-state index contributed by atoms with van der Waals surface area (Å²) in [6, 6.07) is 7.28. The van der Waals surface area contributed by atoms with Crippen LogP contribution in [0.2, 0.25) is 0 Å². The topological polar surface area (TPSA) is 37.3 Å². The molecule has 0 bridgehead atoms. The molecule has 0 radical (unpaired) electrons. The molecule has 0 aromatic heterocycles. The maximum atomic E-state index is 11.7. The van der Waals surface area contributed by atoms with E-state index in [9.17, 15) is 9.90 Å². The summed E-state index contributed by atoms with van der Waals surface area (Å²) in [6.07, 6.45) is 2.48. The van der Waals surface area contributed by atoms with Crippen LogP contribution in [0.3, 0.4) is 0 Å². The summed E-state index contributed by atoms with van der Waals surface area (Å²) >= 11 is 1.62. The first kappa shape index (κ1) is 13.8. The molecular formula is C14H16O2S. The predicted octanol–water partition coefficient (Wildman–Crippen LogP) is 2.76. The molecule has 0 saturated heterocycles. The van der Waals surface area contributed by atoms with Gasteiger partial charge in [-0.15, -0.1) is 11.8 Å². The fourth-order valence-electron chi connectivity index (χ4n) is 1.09. The molecule has 0 saturated carbocycles. The molecule has 0 heterocycles. The summed E-state index contributed by atoms with van der Waals surface area (Å²) in [6.45, 7) is 3.43. The van der Waals surface area contributed by atoms with Crippen LogP contribution in [0.1, 0.15) is 30.6 Å². The lowest BCUT2D eigenvalue weighted by molar-refractivity contribution is 0.104. The SMILES string of the molecule is CC[C@@](C)(O)C#CC(=O)c1ccc(SC)cc1. The monoisotopic (exact) mass is 248 g/mol. The minimum absolute atomic E-state index is 0.258. The first-order valence-electron chi connectivity index (χ1n) is 5.42. The Labute approximate surface area is 106 Å². The molecule has 1 N–H and O–H groups in total. The van der Waals surface area contributed by atoms with Crippen molar-refractivity contribution in [1.82, 2.24) is 0 Å². The Bertz CT molecular complexity index is 449. The van der Waals surface area contributed by atoms with Gasteiger partial charge >= 0.3 is 0 Å². The summed E-state index contributed by atoms with van der Waals surface area (Å²) in [5.74, 6) is 4.81. The molecule has 0 amide bonds. The quantitative estimate of drug-likeness (QED) is 0.387. The Morgan fingerprint density at radius 2 is 2.00 bits per heavy atom. The molecule has 0 aliphatic heterocycles. The van der Waals surface area contributed by atoms with Crippen molar-refractivity contribution >= 4 is 17.5 Å². The Balaban J connectivity index is 2.83. The van der Waals surface area contributed by atoms with Gasteiger partial charge in [-0.05, 0) is 49.8 Å². The summed E-state index contributed by atoms with van der Waals surface area (Å²) in [5.41, 5.74) is -0.531. The number of hydrogen-bond donors (Lipinski definition) is 1. The molecule has 3 heteroatoms. The molecule has 90 valence electrons. The second kappa shape index (κ2) is 5.90. The van der Waals surface area contributed by atoms with Gasteiger partial charge in [0.2, 0.25) is 5.78 Å². The van der Waals surface area contributed by atoms with Crippen LogP contribution >= 0.6 is 11.8 Å². The molecular weight excluding hydrogens is 232 g/mol. The van der Waals surface area contributed by atoms with Gasteiger partial charge in [-0.1, -0.05) is 12.8 Å². The third-order valence-electron chi connectivity index (χ3n) is 2.49. The fraction of sp³-hybridized carbons (Fsp3) is 0.357. The highest BCUT2D eigenvalue weighted by atomic mass is 32.2. The maximum Gasteiger partial charge on any atom is 0.235 e. The van der Waals surface area contributed by atoms with E-state index in [4.69, 9.17) is 0 Å². The van der Waals surface area contributed by atoms with E-state index in [1.54, 1.807) is 30.8 Å². The zero-order valence-corrected chi connectivity index (χ0v) is 11.1. The van der Waals surface area contributed by atoms with E-state index in [1.165, 1.54) is 0 Å². The van der Waals surface area contributed by atoms with E-state index < -0.39 is 5.60 Å². The van der Waals surface area contributed by atoms with Crippen molar-refractivity contribution in [3.8, 4) is 11.8 Å². The van der Waals surface area contributed by atoms with Crippen LogP contribution < -0.4 is 0 Å². The summed E-state index contributed by atoms with van der Waals surface area (Å²) in [5, 5.41) is 9.67. The van der Waals surface area contributed by atoms with Crippen molar-refractivity contribution in [3.63, 3.8) is 0 Å². The molecule has 1 atom stereocenters. The van der Waals surface area contributed by atoms with Crippen LogP contribution in [0.15, 0.2) is 29.2 Å². The number of carbonyl (C=O) groups excluding carboxylic acids is 1. The van der Waals surface area contributed by atoms with E-state index >= 15 is 0 Å². The second-order valence-electron chi connectivity index (χ2n) is 3.94. The number of ketones is 1. The molecule has 0 aliphatic rings. The third-order valence-corrected chi connectivity index (χ3v) is 3.23. The molecule has 1 aromatic carbocycles. The van der Waals surface area contributed by atoms with Crippen LogP contribution in [-0.2, 0) is 0 Å². The molecule has 2 nitrogen and oxygen atoms in total. The standard InChI is InChI=1S/C14H16O2S/c1-4-14(2,16)10-9-13(15)11-5-7-12(17-3)8-6-11/h5-8,16H,4H2,1-3H3/t14-/m1/s1. The number of thioether (sulfide) groups is 1. The number of hydrogen-bond acceptors (Lipinski definition) is 3. The lowest BCUT2D eigenvalue weighted by Gasteiger charge is -2.11. The summed E-state index contributed by atoms with van der Waals surface area (Å²) in [7, 11) is 0. The molecule has 0 fully saturated rings. The second-order valence-corrected chi connectivity index (χ2v) is 4.81. The van der Waals surface area contributed by atoms with Crippen molar-refractivity contribution in [2.75, 3.05) is 6.26 Å². The van der Waals surface area contributed by atoms with Gasteiger partial charge in [-0.25, -0.2) is 0 Å². The smallest absolute Gasteiger partial charge is 0.235 e. The third kappa shape index (κ3) is 4.26. The van der Waals surface area contributed by atoms with Crippen molar-refractivity contribution in [2.24, 2.45) is 0 Å². The van der Waals surface area contributed by atoms with E-state index in [0.29, 0.717) is 12.0 Å². The average molecular weight is 248 g/mol. The maximum absolute atomic E-state index is 11.7. The van der Waals surface area contributed by atoms with Gasteiger partial charge < -0.3 is 5.11 Å². The molecule has 1 aromatic rings. The van der Waals surface area contributed by atoms with Crippen molar-refractivity contribution in [2.45, 2.75) is 30.8 Å². The predicted molar refractivity (Wildman–Crippen MR) is 71.2 cm³/mol. The van der Waals surface area contributed by atoms with Gasteiger partial charge in [0.05, 0.1) is 0 Å². The lowest BCUT2D eigenvalue weighted by atomic mass is 10.0. The van der Waals surface area contributed by atoms with Crippen LogP contribution in [0.4, 0.5) is 0 Å². The molecule has 0 spiro atoms. The van der Waals surface area contributed by atoms with Gasteiger partial charge in [0.1, 0.15) is 5.60 Å². The van der Waals surface area contributed by atoms with Gasteiger partial charge in [0.15, 0.2) is 0 Å². The van der Waals surface area contributed by atoms with E-state index in [0.717, 1.165) is 4.90 Å². The normalized spacial score (nSPS) is 13.4. The zero-order chi connectivity index (χ0) is 12.9. The number of benzene rings is 1. The highest BCUT2D eigenvalue weighted by Crippen LogP contribution is 2.15. The van der Waals surface area contributed by atoms with Crippen LogP contribution in [0, 0.1) is 11.8 Å².